The first kappa shape index (κ1) is 14.8. The highest BCUT2D eigenvalue weighted by molar-refractivity contribution is 9.10. The molecule has 1 aromatic heterocycles. The van der Waals surface area contributed by atoms with Crippen molar-refractivity contribution in [2.75, 3.05) is 17.2 Å². The van der Waals surface area contributed by atoms with E-state index < -0.39 is 0 Å². The quantitative estimate of drug-likeness (QED) is 0.819. The summed E-state index contributed by atoms with van der Waals surface area (Å²) in [6, 6.07) is 9.90. The van der Waals surface area contributed by atoms with Gasteiger partial charge in [-0.15, -0.1) is 0 Å². The molecule has 0 aliphatic carbocycles. The Morgan fingerprint density at radius 1 is 1.10 bits per heavy atom. The predicted octanol–water partition coefficient (Wildman–Crippen LogP) is 4.44. The molecule has 4 nitrogen and oxygen atoms in total. The Hall–Kier alpha value is -1.62. The van der Waals surface area contributed by atoms with Crippen LogP contribution in [0.3, 0.4) is 0 Å². The molecule has 0 unspecified atom stereocenters. The van der Waals surface area contributed by atoms with E-state index in [1.54, 1.807) is 6.33 Å². The third-order valence-electron chi connectivity index (χ3n) is 2.81. The summed E-state index contributed by atoms with van der Waals surface area (Å²) in [5.41, 5.74) is 1.00. The largest absolute Gasteiger partial charge is 0.370 e. The lowest BCUT2D eigenvalue weighted by molar-refractivity contribution is 0.606. The van der Waals surface area contributed by atoms with Crippen LogP contribution in [0.1, 0.15) is 20.3 Å². The molecule has 0 bridgehead atoms. The van der Waals surface area contributed by atoms with E-state index >= 15 is 0 Å². The summed E-state index contributed by atoms with van der Waals surface area (Å²) in [6.07, 6.45) is 2.69. The van der Waals surface area contributed by atoms with Crippen molar-refractivity contribution in [2.45, 2.75) is 20.3 Å². The second-order valence-electron chi connectivity index (χ2n) is 5.03. The van der Waals surface area contributed by atoms with Crippen LogP contribution in [0.25, 0.3) is 0 Å². The zero-order valence-electron chi connectivity index (χ0n) is 11.7. The molecule has 0 saturated heterocycles. The van der Waals surface area contributed by atoms with E-state index in [0.717, 1.165) is 34.8 Å². The van der Waals surface area contributed by atoms with E-state index in [9.17, 15) is 0 Å². The summed E-state index contributed by atoms with van der Waals surface area (Å²) in [7, 11) is 0. The standard InChI is InChI=1S/C15H19BrN4/c1-11(2)7-8-17-14-9-15(19-10-18-14)20-13-5-3-12(16)4-6-13/h3-6,9-11H,7-8H2,1-2H3,(H2,17,18,19,20). The Morgan fingerprint density at radius 3 is 2.50 bits per heavy atom. The van der Waals surface area contributed by atoms with Gasteiger partial charge in [0.15, 0.2) is 0 Å². The second-order valence-corrected chi connectivity index (χ2v) is 5.95. The molecular weight excluding hydrogens is 316 g/mol. The highest BCUT2D eigenvalue weighted by Crippen LogP contribution is 2.19. The SMILES string of the molecule is CC(C)CCNc1cc(Nc2ccc(Br)cc2)ncn1. The molecule has 2 N–H and O–H groups in total. The van der Waals surface area contributed by atoms with Crippen LogP contribution in [0.2, 0.25) is 0 Å². The monoisotopic (exact) mass is 334 g/mol. The molecule has 0 atom stereocenters. The smallest absolute Gasteiger partial charge is 0.135 e. The van der Waals surface area contributed by atoms with Crippen LogP contribution in [-0.4, -0.2) is 16.5 Å². The van der Waals surface area contributed by atoms with Crippen molar-refractivity contribution >= 4 is 33.3 Å². The molecular formula is C15H19BrN4. The van der Waals surface area contributed by atoms with Crippen LogP contribution in [0.4, 0.5) is 17.3 Å². The number of rotatable bonds is 6. The molecule has 0 radical (unpaired) electrons. The van der Waals surface area contributed by atoms with Crippen LogP contribution < -0.4 is 10.6 Å². The summed E-state index contributed by atoms with van der Waals surface area (Å²) >= 11 is 3.42. The van der Waals surface area contributed by atoms with Crippen LogP contribution >= 0.6 is 15.9 Å². The summed E-state index contributed by atoms with van der Waals surface area (Å²) < 4.78 is 1.06. The summed E-state index contributed by atoms with van der Waals surface area (Å²) in [4.78, 5) is 8.45. The van der Waals surface area contributed by atoms with Gasteiger partial charge in [-0.05, 0) is 36.6 Å². The lowest BCUT2D eigenvalue weighted by atomic mass is 10.1. The maximum atomic E-state index is 4.23. The van der Waals surface area contributed by atoms with E-state index in [0.29, 0.717) is 5.92 Å². The lowest BCUT2D eigenvalue weighted by Gasteiger charge is -2.09. The van der Waals surface area contributed by atoms with Gasteiger partial charge < -0.3 is 10.6 Å². The van der Waals surface area contributed by atoms with E-state index in [1.807, 2.05) is 30.3 Å². The Labute approximate surface area is 128 Å². The molecule has 2 aromatic rings. The Bertz CT molecular complexity index is 540. The molecule has 0 spiro atoms. The minimum absolute atomic E-state index is 0.685. The Morgan fingerprint density at radius 2 is 1.80 bits per heavy atom. The van der Waals surface area contributed by atoms with Gasteiger partial charge in [0, 0.05) is 22.8 Å². The number of halogens is 1. The van der Waals surface area contributed by atoms with Gasteiger partial charge in [-0.2, -0.15) is 0 Å². The minimum Gasteiger partial charge on any atom is -0.370 e. The predicted molar refractivity (Wildman–Crippen MR) is 87.4 cm³/mol. The van der Waals surface area contributed by atoms with Crippen molar-refractivity contribution in [1.82, 2.24) is 9.97 Å². The summed E-state index contributed by atoms with van der Waals surface area (Å²) in [6.45, 7) is 5.34. The van der Waals surface area contributed by atoms with Crippen molar-refractivity contribution < 1.29 is 0 Å². The molecule has 106 valence electrons. The average Bonchev–Trinajstić information content (AvgIpc) is 2.41. The fraction of sp³-hybridized carbons (Fsp3) is 0.333. The number of nitrogens with one attached hydrogen (secondary N) is 2. The molecule has 1 heterocycles. The van der Waals surface area contributed by atoms with Crippen molar-refractivity contribution in [2.24, 2.45) is 5.92 Å². The first-order valence-corrected chi connectivity index (χ1v) is 7.51. The number of benzene rings is 1. The second kappa shape index (κ2) is 7.24. The van der Waals surface area contributed by atoms with E-state index in [4.69, 9.17) is 0 Å². The zero-order chi connectivity index (χ0) is 14.4. The zero-order valence-corrected chi connectivity index (χ0v) is 13.3. The molecule has 0 aliphatic rings. The first-order valence-electron chi connectivity index (χ1n) is 6.72. The fourth-order valence-electron chi connectivity index (χ4n) is 1.69. The number of anilines is 3. The van der Waals surface area contributed by atoms with Crippen molar-refractivity contribution in [1.29, 1.82) is 0 Å². The van der Waals surface area contributed by atoms with Crippen LogP contribution in [0.15, 0.2) is 41.1 Å². The van der Waals surface area contributed by atoms with Crippen LogP contribution in [-0.2, 0) is 0 Å². The highest BCUT2D eigenvalue weighted by atomic mass is 79.9. The van der Waals surface area contributed by atoms with E-state index in [2.05, 4.69) is 50.4 Å². The van der Waals surface area contributed by atoms with Crippen LogP contribution in [0, 0.1) is 5.92 Å². The van der Waals surface area contributed by atoms with Crippen molar-refractivity contribution in [3.63, 3.8) is 0 Å². The summed E-state index contributed by atoms with van der Waals surface area (Å²) in [5.74, 6) is 2.32. The van der Waals surface area contributed by atoms with Gasteiger partial charge in [0.1, 0.15) is 18.0 Å². The molecule has 0 amide bonds. The van der Waals surface area contributed by atoms with E-state index in [-0.39, 0.29) is 0 Å². The van der Waals surface area contributed by atoms with E-state index in [1.165, 1.54) is 0 Å². The maximum absolute atomic E-state index is 4.23. The number of nitrogens with zero attached hydrogens (tertiary/aromatic N) is 2. The van der Waals surface area contributed by atoms with Gasteiger partial charge in [0.05, 0.1) is 0 Å². The molecule has 1 aromatic carbocycles. The minimum atomic E-state index is 0.685. The lowest BCUT2D eigenvalue weighted by Crippen LogP contribution is -2.06. The number of aromatic nitrogens is 2. The molecule has 5 heteroatoms. The van der Waals surface area contributed by atoms with Crippen LogP contribution in [0.5, 0.6) is 0 Å². The number of hydrogen-bond acceptors (Lipinski definition) is 4. The van der Waals surface area contributed by atoms with Gasteiger partial charge in [0.25, 0.3) is 0 Å². The summed E-state index contributed by atoms with van der Waals surface area (Å²) in [5, 5.41) is 6.57. The highest BCUT2D eigenvalue weighted by Gasteiger charge is 2.00. The van der Waals surface area contributed by atoms with Crippen molar-refractivity contribution in [3.05, 3.63) is 41.1 Å². The van der Waals surface area contributed by atoms with Gasteiger partial charge in [-0.1, -0.05) is 29.8 Å². The molecule has 0 fully saturated rings. The van der Waals surface area contributed by atoms with Gasteiger partial charge >= 0.3 is 0 Å². The Balaban J connectivity index is 1.96. The Kier molecular flexibility index (Phi) is 5.35. The molecule has 0 aliphatic heterocycles. The van der Waals surface area contributed by atoms with Crippen molar-refractivity contribution in [3.8, 4) is 0 Å². The normalized spacial score (nSPS) is 10.6. The fourth-order valence-corrected chi connectivity index (χ4v) is 1.96. The van der Waals surface area contributed by atoms with Gasteiger partial charge in [-0.3, -0.25) is 0 Å². The maximum Gasteiger partial charge on any atom is 0.135 e. The number of hydrogen-bond donors (Lipinski definition) is 2. The topological polar surface area (TPSA) is 49.8 Å². The third-order valence-corrected chi connectivity index (χ3v) is 3.34. The first-order chi connectivity index (χ1) is 9.63. The van der Waals surface area contributed by atoms with Gasteiger partial charge in [-0.25, -0.2) is 9.97 Å². The van der Waals surface area contributed by atoms with Gasteiger partial charge in [0.2, 0.25) is 0 Å². The molecule has 2 rings (SSSR count). The third kappa shape index (κ3) is 4.81. The average molecular weight is 335 g/mol. The molecule has 0 saturated carbocycles. The molecule has 20 heavy (non-hydrogen) atoms.